The number of primary amides is 1. The van der Waals surface area contributed by atoms with Crippen LogP contribution in [0.3, 0.4) is 0 Å². The molecule has 0 spiro atoms. The zero-order valence-electron chi connectivity index (χ0n) is 8.67. The summed E-state index contributed by atoms with van der Waals surface area (Å²) in [6.07, 6.45) is 0. The summed E-state index contributed by atoms with van der Waals surface area (Å²) in [5.41, 5.74) is 9.52. The molecule has 1 aromatic carbocycles. The van der Waals surface area contributed by atoms with E-state index in [0.717, 1.165) is 23.9 Å². The number of thioether (sulfide) groups is 1. The van der Waals surface area contributed by atoms with Crippen molar-refractivity contribution in [2.24, 2.45) is 11.5 Å². The normalized spacial score (nSPS) is 14.5. The van der Waals surface area contributed by atoms with Gasteiger partial charge in [0.1, 0.15) is 5.54 Å². The van der Waals surface area contributed by atoms with E-state index in [9.17, 15) is 13.6 Å². The number of rotatable bonds is 4. The van der Waals surface area contributed by atoms with Crippen molar-refractivity contribution in [3.63, 3.8) is 0 Å². The van der Waals surface area contributed by atoms with Crippen LogP contribution in [0.2, 0.25) is 0 Å². The van der Waals surface area contributed by atoms with Crippen LogP contribution in [0.25, 0.3) is 0 Å². The lowest BCUT2D eigenvalue weighted by atomic mass is 10.1. The van der Waals surface area contributed by atoms with Crippen LogP contribution in [-0.4, -0.2) is 17.2 Å². The average molecular weight is 246 g/mol. The Morgan fingerprint density at radius 1 is 1.44 bits per heavy atom. The highest BCUT2D eigenvalue weighted by molar-refractivity contribution is 7.99. The zero-order valence-corrected chi connectivity index (χ0v) is 9.48. The van der Waals surface area contributed by atoms with Crippen molar-refractivity contribution in [2.45, 2.75) is 17.4 Å². The molecule has 0 fully saturated rings. The lowest BCUT2D eigenvalue weighted by Crippen LogP contribution is -2.51. The Morgan fingerprint density at radius 2 is 2.06 bits per heavy atom. The van der Waals surface area contributed by atoms with Gasteiger partial charge in [-0.25, -0.2) is 8.78 Å². The summed E-state index contributed by atoms with van der Waals surface area (Å²) < 4.78 is 25.5. The predicted molar refractivity (Wildman–Crippen MR) is 58.9 cm³/mol. The molecule has 6 heteroatoms. The summed E-state index contributed by atoms with van der Waals surface area (Å²) >= 11 is 1.15. The lowest BCUT2D eigenvalue weighted by molar-refractivity contribution is -0.121. The molecule has 0 saturated carbocycles. The third kappa shape index (κ3) is 3.18. The van der Waals surface area contributed by atoms with Crippen molar-refractivity contribution in [3.05, 3.63) is 29.8 Å². The van der Waals surface area contributed by atoms with Crippen molar-refractivity contribution in [2.75, 3.05) is 5.75 Å². The predicted octanol–water partition coefficient (Wildman–Crippen LogP) is 1.26. The largest absolute Gasteiger partial charge is 0.368 e. The molecule has 1 rings (SSSR count). The number of carbonyl (C=O) groups is 1. The Labute approximate surface area is 96.2 Å². The van der Waals surface area contributed by atoms with Gasteiger partial charge in [0.25, 0.3) is 0 Å². The van der Waals surface area contributed by atoms with E-state index in [4.69, 9.17) is 11.5 Å². The highest BCUT2D eigenvalue weighted by Gasteiger charge is 2.25. The molecule has 0 bridgehead atoms. The van der Waals surface area contributed by atoms with E-state index in [0.29, 0.717) is 4.90 Å². The molecule has 0 aromatic heterocycles. The fraction of sp³-hybridized carbons (Fsp3) is 0.300. The molecule has 16 heavy (non-hydrogen) atoms. The Balaban J connectivity index is 2.68. The van der Waals surface area contributed by atoms with Crippen LogP contribution in [0.5, 0.6) is 0 Å². The van der Waals surface area contributed by atoms with E-state index in [1.165, 1.54) is 13.0 Å². The van der Waals surface area contributed by atoms with E-state index in [1.807, 2.05) is 0 Å². The molecular formula is C10H12F2N2OS. The minimum Gasteiger partial charge on any atom is -0.368 e. The van der Waals surface area contributed by atoms with Crippen LogP contribution >= 0.6 is 11.8 Å². The van der Waals surface area contributed by atoms with E-state index < -0.39 is 23.1 Å². The van der Waals surface area contributed by atoms with E-state index >= 15 is 0 Å². The molecule has 4 N–H and O–H groups in total. The SMILES string of the molecule is CC(N)(CSc1ccc(F)c(F)c1)C(N)=O. The smallest absolute Gasteiger partial charge is 0.238 e. The van der Waals surface area contributed by atoms with E-state index in [1.54, 1.807) is 0 Å². The third-order valence-electron chi connectivity index (χ3n) is 1.99. The summed E-state index contributed by atoms with van der Waals surface area (Å²) in [7, 11) is 0. The highest BCUT2D eigenvalue weighted by Crippen LogP contribution is 2.23. The van der Waals surface area contributed by atoms with Crippen molar-refractivity contribution < 1.29 is 13.6 Å². The molecule has 0 aliphatic carbocycles. The zero-order chi connectivity index (χ0) is 12.3. The van der Waals surface area contributed by atoms with Gasteiger partial charge in [0.15, 0.2) is 11.6 Å². The Bertz CT molecular complexity index is 410. The molecule has 88 valence electrons. The molecule has 1 unspecified atom stereocenters. The standard InChI is InChI=1S/C10H12F2N2OS/c1-10(14,9(13)15)5-16-6-2-3-7(11)8(12)4-6/h2-4H,5,14H2,1H3,(H2,13,15). The second-order valence-corrected chi connectivity index (χ2v) is 4.70. The van der Waals surface area contributed by atoms with E-state index in [2.05, 4.69) is 0 Å². The lowest BCUT2D eigenvalue weighted by Gasteiger charge is -2.19. The topological polar surface area (TPSA) is 69.1 Å². The number of nitrogens with two attached hydrogens (primary N) is 2. The van der Waals surface area contributed by atoms with Gasteiger partial charge in [-0.1, -0.05) is 0 Å². The quantitative estimate of drug-likeness (QED) is 0.786. The summed E-state index contributed by atoms with van der Waals surface area (Å²) in [5, 5.41) is 0. The summed E-state index contributed by atoms with van der Waals surface area (Å²) in [6.45, 7) is 1.49. The van der Waals surface area contributed by atoms with Gasteiger partial charge in [0.05, 0.1) is 0 Å². The first kappa shape index (κ1) is 12.9. The van der Waals surface area contributed by atoms with Gasteiger partial charge in [0, 0.05) is 10.6 Å². The number of amides is 1. The van der Waals surface area contributed by atoms with Crippen LogP contribution in [0.1, 0.15) is 6.92 Å². The monoisotopic (exact) mass is 246 g/mol. The van der Waals surface area contributed by atoms with Gasteiger partial charge in [-0.3, -0.25) is 4.79 Å². The van der Waals surface area contributed by atoms with Crippen molar-refractivity contribution in [1.82, 2.24) is 0 Å². The first-order valence-corrected chi connectivity index (χ1v) is 5.48. The first-order chi connectivity index (χ1) is 7.33. The summed E-state index contributed by atoms with van der Waals surface area (Å²) in [5.74, 6) is -2.27. The van der Waals surface area contributed by atoms with E-state index in [-0.39, 0.29) is 5.75 Å². The molecule has 1 amide bonds. The van der Waals surface area contributed by atoms with Crippen LogP contribution in [-0.2, 0) is 4.79 Å². The van der Waals surface area contributed by atoms with Crippen LogP contribution < -0.4 is 11.5 Å². The maximum atomic E-state index is 12.8. The number of benzene rings is 1. The van der Waals surface area contributed by atoms with Gasteiger partial charge in [0.2, 0.25) is 5.91 Å². The molecule has 1 aromatic rings. The second kappa shape index (κ2) is 4.80. The molecule has 0 saturated heterocycles. The number of carbonyl (C=O) groups excluding carboxylic acids is 1. The van der Waals surface area contributed by atoms with Crippen molar-refractivity contribution >= 4 is 17.7 Å². The Morgan fingerprint density at radius 3 is 2.56 bits per heavy atom. The number of halogens is 2. The summed E-state index contributed by atoms with van der Waals surface area (Å²) in [6, 6.07) is 3.49. The van der Waals surface area contributed by atoms with Gasteiger partial charge in [-0.2, -0.15) is 0 Å². The molecule has 0 aliphatic heterocycles. The van der Waals surface area contributed by atoms with Gasteiger partial charge >= 0.3 is 0 Å². The van der Waals surface area contributed by atoms with Crippen molar-refractivity contribution in [1.29, 1.82) is 0 Å². The molecular weight excluding hydrogens is 234 g/mol. The molecule has 0 aliphatic rings. The fourth-order valence-corrected chi connectivity index (χ4v) is 1.83. The van der Waals surface area contributed by atoms with Crippen LogP contribution in [0, 0.1) is 11.6 Å². The minimum atomic E-state index is -1.17. The molecule has 3 nitrogen and oxygen atoms in total. The second-order valence-electron chi connectivity index (χ2n) is 3.65. The van der Waals surface area contributed by atoms with Crippen LogP contribution in [0.4, 0.5) is 8.78 Å². The van der Waals surface area contributed by atoms with Crippen LogP contribution in [0.15, 0.2) is 23.1 Å². The fourth-order valence-electron chi connectivity index (χ4n) is 0.871. The maximum absolute atomic E-state index is 12.8. The maximum Gasteiger partial charge on any atom is 0.238 e. The average Bonchev–Trinajstić information content (AvgIpc) is 2.20. The van der Waals surface area contributed by atoms with Gasteiger partial charge in [-0.15, -0.1) is 11.8 Å². The highest BCUT2D eigenvalue weighted by atomic mass is 32.2. The first-order valence-electron chi connectivity index (χ1n) is 4.49. The third-order valence-corrected chi connectivity index (χ3v) is 3.32. The molecule has 0 radical (unpaired) electrons. The number of hydrogen-bond donors (Lipinski definition) is 2. The molecule has 1 atom stereocenters. The Hall–Kier alpha value is -1.14. The minimum absolute atomic E-state index is 0.202. The van der Waals surface area contributed by atoms with Gasteiger partial charge < -0.3 is 11.5 Å². The Kier molecular flexibility index (Phi) is 3.88. The number of hydrogen-bond acceptors (Lipinski definition) is 3. The van der Waals surface area contributed by atoms with Crippen molar-refractivity contribution in [3.8, 4) is 0 Å². The molecule has 0 heterocycles. The summed E-state index contributed by atoms with van der Waals surface area (Å²) in [4.78, 5) is 11.4. The van der Waals surface area contributed by atoms with Gasteiger partial charge in [-0.05, 0) is 25.1 Å².